The summed E-state index contributed by atoms with van der Waals surface area (Å²) in [5, 5.41) is 3.74. The third-order valence-electron chi connectivity index (χ3n) is 3.60. The standard InChI is InChI=1S/C17H14ClN7/c1-9-8-13(22-10(2)21-9)24-16-15-12(5-7-20-16)23-17(25-15)14-11(18)4-3-6-19-14/h3-8H,1-2H3,(H,23,25)(H,20,21,22,24). The van der Waals surface area contributed by atoms with Crippen molar-refractivity contribution in [3.63, 3.8) is 0 Å². The number of nitrogens with one attached hydrogen (secondary N) is 2. The number of H-pyrrole nitrogens is 1. The summed E-state index contributed by atoms with van der Waals surface area (Å²) in [5.41, 5.74) is 3.00. The molecule has 4 aromatic rings. The normalized spacial score (nSPS) is 11.0. The number of anilines is 2. The van der Waals surface area contributed by atoms with Crippen LogP contribution in [0, 0.1) is 13.8 Å². The molecule has 0 spiro atoms. The number of nitrogens with zero attached hydrogens (tertiary/aromatic N) is 5. The highest BCUT2D eigenvalue weighted by Crippen LogP contribution is 2.28. The van der Waals surface area contributed by atoms with E-state index in [2.05, 4.69) is 35.2 Å². The summed E-state index contributed by atoms with van der Waals surface area (Å²) in [7, 11) is 0. The van der Waals surface area contributed by atoms with E-state index in [4.69, 9.17) is 11.6 Å². The lowest BCUT2D eigenvalue weighted by Gasteiger charge is -2.06. The number of aryl methyl sites for hydroxylation is 2. The SMILES string of the molecule is Cc1cc(Nc2nccc3[nH]c(-c4ncccc4Cl)nc23)nc(C)n1. The van der Waals surface area contributed by atoms with Crippen LogP contribution in [0.3, 0.4) is 0 Å². The van der Waals surface area contributed by atoms with E-state index >= 15 is 0 Å². The molecule has 7 nitrogen and oxygen atoms in total. The number of fused-ring (bicyclic) bond motifs is 1. The van der Waals surface area contributed by atoms with E-state index in [-0.39, 0.29) is 0 Å². The molecule has 0 bridgehead atoms. The van der Waals surface area contributed by atoms with Gasteiger partial charge in [0.2, 0.25) is 0 Å². The number of halogens is 1. The van der Waals surface area contributed by atoms with Crippen LogP contribution in [0.2, 0.25) is 5.02 Å². The average molecular weight is 352 g/mol. The summed E-state index contributed by atoms with van der Waals surface area (Å²) in [6, 6.07) is 7.27. The summed E-state index contributed by atoms with van der Waals surface area (Å²) in [6.07, 6.45) is 3.38. The van der Waals surface area contributed by atoms with Gasteiger partial charge in [0.05, 0.1) is 10.5 Å². The maximum Gasteiger partial charge on any atom is 0.159 e. The fourth-order valence-corrected chi connectivity index (χ4v) is 2.81. The Bertz CT molecular complexity index is 1050. The summed E-state index contributed by atoms with van der Waals surface area (Å²) in [4.78, 5) is 25.2. The molecular formula is C17H14ClN7. The van der Waals surface area contributed by atoms with Crippen LogP contribution in [-0.4, -0.2) is 29.9 Å². The Hall–Kier alpha value is -3.06. The van der Waals surface area contributed by atoms with Gasteiger partial charge in [-0.05, 0) is 32.0 Å². The molecule has 0 saturated carbocycles. The number of hydrogen-bond donors (Lipinski definition) is 2. The maximum atomic E-state index is 6.22. The Morgan fingerprint density at radius 2 is 1.92 bits per heavy atom. The Labute approximate surface area is 148 Å². The lowest BCUT2D eigenvalue weighted by atomic mass is 10.3. The van der Waals surface area contributed by atoms with Crippen LogP contribution in [0.25, 0.3) is 22.6 Å². The zero-order valence-corrected chi connectivity index (χ0v) is 14.3. The molecular weight excluding hydrogens is 338 g/mol. The Morgan fingerprint density at radius 1 is 1.04 bits per heavy atom. The first-order chi connectivity index (χ1) is 12.1. The summed E-state index contributed by atoms with van der Waals surface area (Å²) in [6.45, 7) is 3.77. The van der Waals surface area contributed by atoms with Crippen LogP contribution in [0.15, 0.2) is 36.7 Å². The predicted octanol–water partition coefficient (Wildman–Crippen LogP) is 3.82. The van der Waals surface area contributed by atoms with E-state index in [1.807, 2.05) is 26.0 Å². The minimum absolute atomic E-state index is 0.533. The molecule has 0 saturated heterocycles. The third kappa shape index (κ3) is 3.01. The fourth-order valence-electron chi connectivity index (χ4n) is 2.60. The highest BCUT2D eigenvalue weighted by molar-refractivity contribution is 6.32. The number of aromatic nitrogens is 6. The van der Waals surface area contributed by atoms with Crippen molar-refractivity contribution >= 4 is 34.3 Å². The van der Waals surface area contributed by atoms with Crippen LogP contribution < -0.4 is 5.32 Å². The second kappa shape index (κ2) is 6.10. The first-order valence-corrected chi connectivity index (χ1v) is 8.03. The van der Waals surface area contributed by atoms with Crippen molar-refractivity contribution in [2.75, 3.05) is 5.32 Å². The maximum absolute atomic E-state index is 6.22. The van der Waals surface area contributed by atoms with Gasteiger partial charge in [-0.2, -0.15) is 0 Å². The summed E-state index contributed by atoms with van der Waals surface area (Å²) >= 11 is 6.22. The van der Waals surface area contributed by atoms with E-state index < -0.39 is 0 Å². The molecule has 0 fully saturated rings. The van der Waals surface area contributed by atoms with Crippen molar-refractivity contribution in [1.82, 2.24) is 29.9 Å². The van der Waals surface area contributed by atoms with Gasteiger partial charge < -0.3 is 10.3 Å². The number of imidazole rings is 1. The molecule has 2 N–H and O–H groups in total. The topological polar surface area (TPSA) is 92.3 Å². The smallest absolute Gasteiger partial charge is 0.159 e. The molecule has 4 rings (SSSR count). The number of rotatable bonds is 3. The van der Waals surface area contributed by atoms with Gasteiger partial charge in [0.1, 0.15) is 22.9 Å². The highest BCUT2D eigenvalue weighted by Gasteiger charge is 2.13. The van der Waals surface area contributed by atoms with Gasteiger partial charge in [-0.1, -0.05) is 11.6 Å². The largest absolute Gasteiger partial charge is 0.336 e. The Balaban J connectivity index is 1.79. The lowest BCUT2D eigenvalue weighted by Crippen LogP contribution is -2.00. The number of pyridine rings is 2. The van der Waals surface area contributed by atoms with E-state index in [1.165, 1.54) is 0 Å². The molecule has 0 unspecified atom stereocenters. The number of aromatic amines is 1. The van der Waals surface area contributed by atoms with Gasteiger partial charge >= 0.3 is 0 Å². The Morgan fingerprint density at radius 3 is 2.72 bits per heavy atom. The van der Waals surface area contributed by atoms with Crippen molar-refractivity contribution in [3.8, 4) is 11.5 Å². The molecule has 4 heterocycles. The summed E-state index contributed by atoms with van der Waals surface area (Å²) in [5.74, 6) is 2.55. The van der Waals surface area contributed by atoms with E-state index in [1.54, 1.807) is 24.5 Å². The van der Waals surface area contributed by atoms with Crippen LogP contribution in [0.1, 0.15) is 11.5 Å². The lowest BCUT2D eigenvalue weighted by molar-refractivity contribution is 1.01. The second-order valence-corrected chi connectivity index (χ2v) is 5.95. The average Bonchev–Trinajstić information content (AvgIpc) is 2.99. The van der Waals surface area contributed by atoms with Crippen molar-refractivity contribution < 1.29 is 0 Å². The number of hydrogen-bond acceptors (Lipinski definition) is 6. The molecule has 8 heteroatoms. The molecule has 0 aliphatic heterocycles. The Kier molecular flexibility index (Phi) is 3.77. The molecule has 25 heavy (non-hydrogen) atoms. The van der Waals surface area contributed by atoms with Gasteiger partial charge in [0.15, 0.2) is 11.6 Å². The van der Waals surface area contributed by atoms with E-state index in [9.17, 15) is 0 Å². The monoisotopic (exact) mass is 351 g/mol. The molecule has 0 aliphatic rings. The molecule has 0 aromatic carbocycles. The zero-order valence-electron chi connectivity index (χ0n) is 13.6. The van der Waals surface area contributed by atoms with Crippen LogP contribution in [-0.2, 0) is 0 Å². The van der Waals surface area contributed by atoms with Crippen molar-refractivity contribution in [2.45, 2.75) is 13.8 Å². The first kappa shape index (κ1) is 15.5. The second-order valence-electron chi connectivity index (χ2n) is 5.54. The molecule has 0 amide bonds. The molecule has 0 aliphatic carbocycles. The molecule has 0 atom stereocenters. The van der Waals surface area contributed by atoms with Crippen molar-refractivity contribution in [1.29, 1.82) is 0 Å². The fraction of sp³-hybridized carbons (Fsp3) is 0.118. The first-order valence-electron chi connectivity index (χ1n) is 7.65. The van der Waals surface area contributed by atoms with Gasteiger partial charge in [0, 0.05) is 24.2 Å². The van der Waals surface area contributed by atoms with Crippen LogP contribution in [0.4, 0.5) is 11.6 Å². The van der Waals surface area contributed by atoms with Crippen LogP contribution >= 0.6 is 11.6 Å². The van der Waals surface area contributed by atoms with Crippen molar-refractivity contribution in [3.05, 3.63) is 53.2 Å². The van der Waals surface area contributed by atoms with Gasteiger partial charge in [-0.25, -0.2) is 19.9 Å². The quantitative estimate of drug-likeness (QED) is 0.583. The molecule has 4 aromatic heterocycles. The minimum Gasteiger partial charge on any atom is -0.336 e. The zero-order chi connectivity index (χ0) is 17.4. The van der Waals surface area contributed by atoms with E-state index in [0.29, 0.717) is 39.5 Å². The predicted molar refractivity (Wildman–Crippen MR) is 96.9 cm³/mol. The molecule has 0 radical (unpaired) electrons. The minimum atomic E-state index is 0.533. The van der Waals surface area contributed by atoms with Crippen molar-refractivity contribution in [2.24, 2.45) is 0 Å². The summed E-state index contributed by atoms with van der Waals surface area (Å²) < 4.78 is 0. The highest BCUT2D eigenvalue weighted by atomic mass is 35.5. The van der Waals surface area contributed by atoms with Gasteiger partial charge in [-0.15, -0.1) is 0 Å². The van der Waals surface area contributed by atoms with Crippen LogP contribution in [0.5, 0.6) is 0 Å². The van der Waals surface area contributed by atoms with Gasteiger partial charge in [0.25, 0.3) is 0 Å². The van der Waals surface area contributed by atoms with Gasteiger partial charge in [-0.3, -0.25) is 4.98 Å². The third-order valence-corrected chi connectivity index (χ3v) is 3.90. The molecule has 124 valence electrons. The van der Waals surface area contributed by atoms with E-state index in [0.717, 1.165) is 11.2 Å².